The molecule has 0 rings (SSSR count). The predicted molar refractivity (Wildman–Crippen MR) is 362 cm³/mol. The van der Waals surface area contributed by atoms with Gasteiger partial charge in [0.25, 0.3) is 0 Å². The number of nitrogens with zero attached hydrogens (tertiary/aromatic N) is 1. The van der Waals surface area contributed by atoms with Crippen LogP contribution in [-0.2, 0) is 33.3 Å². The van der Waals surface area contributed by atoms with E-state index in [1.807, 2.05) is 21.1 Å². The van der Waals surface area contributed by atoms with Gasteiger partial charge >= 0.3 is 11.9 Å². The molecule has 0 amide bonds. The third kappa shape index (κ3) is 68.3. The van der Waals surface area contributed by atoms with E-state index < -0.39 is 24.3 Å². The van der Waals surface area contributed by atoms with Crippen LogP contribution in [0.5, 0.6) is 0 Å². The summed E-state index contributed by atoms with van der Waals surface area (Å²) in [5, 5.41) is 11.8. The van der Waals surface area contributed by atoms with Crippen LogP contribution in [-0.4, -0.2) is 82.3 Å². The number of hydrogen-bond donors (Lipinski definition) is 0. The van der Waals surface area contributed by atoms with E-state index in [1.54, 1.807) is 0 Å². The summed E-state index contributed by atoms with van der Waals surface area (Å²) in [4.78, 5) is 37.5. The zero-order valence-corrected chi connectivity index (χ0v) is 56.7. The maximum atomic E-state index is 12.9. The number of carboxylic acid groups (broad SMARTS) is 1. The van der Waals surface area contributed by atoms with Crippen molar-refractivity contribution in [2.45, 2.75) is 360 Å². The Bertz CT molecular complexity index is 1580. The van der Waals surface area contributed by atoms with Gasteiger partial charge in [0.15, 0.2) is 12.4 Å². The van der Waals surface area contributed by atoms with Gasteiger partial charge in [-0.2, -0.15) is 0 Å². The van der Waals surface area contributed by atoms with Crippen LogP contribution < -0.4 is 5.11 Å². The lowest BCUT2D eigenvalue weighted by atomic mass is 10.0. The van der Waals surface area contributed by atoms with Gasteiger partial charge in [-0.05, 0) is 77.0 Å². The standard InChI is InChI=1S/C76H139NO8/c1-6-8-10-12-14-16-18-20-22-24-26-28-29-30-31-32-33-34-35-36-37-38-39-40-41-42-43-44-45-47-49-51-53-55-57-59-61-63-65-67-74(79)85-72(71-84-76(75(80)81)82-69-68-77(3,4)5)70-83-73(78)66-64-62-60-58-56-54-52-50-48-46-27-25-23-21-19-17-15-13-11-9-7-2/h8,10,14,16,20,22,25-28,72,76H,6-7,9,11-13,15,17-19,21,23-24,29-71H2,1-5H3/b10-8-,16-14-,22-20-,27-25-,28-26-. The Balaban J connectivity index is 3.98. The molecule has 0 aromatic rings. The van der Waals surface area contributed by atoms with Crippen molar-refractivity contribution < 1.29 is 42.9 Å². The number of ether oxygens (including phenoxy) is 4. The summed E-state index contributed by atoms with van der Waals surface area (Å²) in [5.74, 6) is -2.26. The number of unbranched alkanes of at least 4 members (excludes halogenated alkanes) is 43. The molecule has 9 heteroatoms. The van der Waals surface area contributed by atoms with Gasteiger partial charge in [0.05, 0.1) is 40.3 Å². The monoisotopic (exact) mass is 1190 g/mol. The van der Waals surface area contributed by atoms with Crippen LogP contribution in [0.4, 0.5) is 0 Å². The van der Waals surface area contributed by atoms with Gasteiger partial charge in [0.1, 0.15) is 13.2 Å². The number of carbonyl (C=O) groups excluding carboxylic acids is 3. The predicted octanol–water partition coefficient (Wildman–Crippen LogP) is 21.4. The highest BCUT2D eigenvalue weighted by atomic mass is 16.7. The van der Waals surface area contributed by atoms with Crippen LogP contribution in [0, 0.1) is 0 Å². The topological polar surface area (TPSA) is 111 Å². The highest BCUT2D eigenvalue weighted by Crippen LogP contribution is 2.19. The number of carbonyl (C=O) groups is 3. The number of esters is 2. The molecule has 0 aromatic heterocycles. The van der Waals surface area contributed by atoms with Crippen LogP contribution in [0.25, 0.3) is 0 Å². The van der Waals surface area contributed by atoms with Gasteiger partial charge in [-0.3, -0.25) is 9.59 Å². The van der Waals surface area contributed by atoms with Crippen molar-refractivity contribution in [1.29, 1.82) is 0 Å². The fourth-order valence-electron chi connectivity index (χ4n) is 10.7. The summed E-state index contributed by atoms with van der Waals surface area (Å²) in [5.41, 5.74) is 0. The van der Waals surface area contributed by atoms with Gasteiger partial charge < -0.3 is 33.3 Å². The highest BCUT2D eigenvalue weighted by molar-refractivity contribution is 5.70. The molecular formula is C76H139NO8. The first-order valence-corrected chi connectivity index (χ1v) is 36.4. The molecule has 0 aliphatic rings. The summed E-state index contributed by atoms with van der Waals surface area (Å²) in [6.45, 7) is 4.69. The lowest BCUT2D eigenvalue weighted by Gasteiger charge is -2.26. The van der Waals surface area contributed by atoms with Crippen molar-refractivity contribution in [3.05, 3.63) is 60.8 Å². The second-order valence-corrected chi connectivity index (χ2v) is 25.9. The Hall–Kier alpha value is -3.01. The minimum atomic E-state index is -1.62. The molecular weight excluding hydrogens is 1050 g/mol. The summed E-state index contributed by atoms with van der Waals surface area (Å²) < 4.78 is 22.8. The molecule has 2 unspecified atom stereocenters. The molecule has 0 N–H and O–H groups in total. The minimum absolute atomic E-state index is 0.149. The molecule has 9 nitrogen and oxygen atoms in total. The molecule has 0 saturated carbocycles. The molecule has 0 spiro atoms. The fraction of sp³-hybridized carbons (Fsp3) is 0.829. The summed E-state index contributed by atoms with van der Waals surface area (Å²) in [6, 6.07) is 0. The lowest BCUT2D eigenvalue weighted by molar-refractivity contribution is -0.870. The van der Waals surface area contributed by atoms with Crippen molar-refractivity contribution >= 4 is 17.9 Å². The molecule has 85 heavy (non-hydrogen) atoms. The van der Waals surface area contributed by atoms with Gasteiger partial charge in [-0.15, -0.1) is 0 Å². The summed E-state index contributed by atoms with van der Waals surface area (Å²) in [6.07, 6.45) is 84.7. The SMILES string of the molecule is CC/C=C\C/C=C\C/C=C\C/C=C\CCCCCCCCCCCCCCCCCCCCCCCCCCCCC(=O)OC(COC(=O)CCCCCCCCCCC/C=C\CCCCCCCCCC)COC(OCC[N+](C)(C)C)C(=O)[O-]. The van der Waals surface area contributed by atoms with Crippen molar-refractivity contribution in [1.82, 2.24) is 0 Å². The molecule has 0 aromatic carbocycles. The molecule has 0 bridgehead atoms. The minimum Gasteiger partial charge on any atom is -0.545 e. The summed E-state index contributed by atoms with van der Waals surface area (Å²) in [7, 11) is 5.94. The zero-order chi connectivity index (χ0) is 61.9. The lowest BCUT2D eigenvalue weighted by Crippen LogP contribution is -2.44. The number of carboxylic acids is 1. The molecule has 0 saturated heterocycles. The Morgan fingerprint density at radius 2 is 0.671 bits per heavy atom. The average molecular weight is 1190 g/mol. The van der Waals surface area contributed by atoms with E-state index in [1.165, 1.54) is 257 Å². The van der Waals surface area contributed by atoms with E-state index in [4.69, 9.17) is 18.9 Å². The van der Waals surface area contributed by atoms with Gasteiger partial charge in [-0.1, -0.05) is 319 Å². The summed E-state index contributed by atoms with van der Waals surface area (Å²) >= 11 is 0. The number of quaternary nitrogens is 1. The third-order valence-corrected chi connectivity index (χ3v) is 16.2. The van der Waals surface area contributed by atoms with Crippen molar-refractivity contribution in [3.8, 4) is 0 Å². The van der Waals surface area contributed by atoms with E-state index in [2.05, 4.69) is 74.6 Å². The molecule has 0 fully saturated rings. The van der Waals surface area contributed by atoms with Gasteiger partial charge in [0, 0.05) is 12.8 Å². The van der Waals surface area contributed by atoms with Crippen molar-refractivity contribution in [2.75, 3.05) is 47.5 Å². The maximum absolute atomic E-state index is 12.9. The Labute approximate surface area is 526 Å². The Kier molecular flexibility index (Phi) is 64.6. The smallest absolute Gasteiger partial charge is 0.306 e. The fourth-order valence-corrected chi connectivity index (χ4v) is 10.7. The van der Waals surface area contributed by atoms with Crippen molar-refractivity contribution in [2.24, 2.45) is 0 Å². The molecule has 0 aliphatic carbocycles. The first-order chi connectivity index (χ1) is 41.6. The highest BCUT2D eigenvalue weighted by Gasteiger charge is 2.22. The molecule has 0 heterocycles. The van der Waals surface area contributed by atoms with Gasteiger partial charge in [-0.25, -0.2) is 0 Å². The van der Waals surface area contributed by atoms with Crippen LogP contribution in [0.3, 0.4) is 0 Å². The van der Waals surface area contributed by atoms with Crippen molar-refractivity contribution in [3.63, 3.8) is 0 Å². The first-order valence-electron chi connectivity index (χ1n) is 36.4. The zero-order valence-electron chi connectivity index (χ0n) is 56.7. The molecule has 0 radical (unpaired) electrons. The number of likely N-dealkylation sites (N-methyl/N-ethyl adjacent to an activating group) is 1. The van der Waals surface area contributed by atoms with E-state index in [-0.39, 0.29) is 32.2 Å². The van der Waals surface area contributed by atoms with Gasteiger partial charge in [0.2, 0.25) is 0 Å². The molecule has 2 atom stereocenters. The van der Waals surface area contributed by atoms with Crippen LogP contribution in [0.15, 0.2) is 60.8 Å². The van der Waals surface area contributed by atoms with Crippen LogP contribution in [0.2, 0.25) is 0 Å². The maximum Gasteiger partial charge on any atom is 0.306 e. The second kappa shape index (κ2) is 66.9. The van der Waals surface area contributed by atoms with E-state index in [0.29, 0.717) is 17.4 Å². The number of hydrogen-bond acceptors (Lipinski definition) is 8. The van der Waals surface area contributed by atoms with E-state index in [0.717, 1.165) is 64.2 Å². The largest absolute Gasteiger partial charge is 0.545 e. The number of rotatable bonds is 68. The van der Waals surface area contributed by atoms with E-state index >= 15 is 0 Å². The Morgan fingerprint density at radius 3 is 1.01 bits per heavy atom. The van der Waals surface area contributed by atoms with E-state index in [9.17, 15) is 19.5 Å². The third-order valence-electron chi connectivity index (χ3n) is 16.2. The average Bonchev–Trinajstić information content (AvgIpc) is 3.49. The number of aliphatic carboxylic acids is 1. The first kappa shape index (κ1) is 82.0. The Morgan fingerprint density at radius 1 is 0.365 bits per heavy atom. The number of allylic oxidation sites excluding steroid dienone is 10. The quantitative estimate of drug-likeness (QED) is 0.0195. The van der Waals surface area contributed by atoms with Crippen LogP contribution >= 0.6 is 0 Å². The second-order valence-electron chi connectivity index (χ2n) is 25.9. The molecule has 496 valence electrons. The van der Waals surface area contributed by atoms with Crippen LogP contribution in [0.1, 0.15) is 348 Å². The normalized spacial score (nSPS) is 13.0. The molecule has 0 aliphatic heterocycles.